The molecule has 0 unspecified atom stereocenters. The van der Waals surface area contributed by atoms with Gasteiger partial charge >= 0.3 is 0 Å². The molecule has 10 heteroatoms. The Morgan fingerprint density at radius 2 is 1.76 bits per heavy atom. The van der Waals surface area contributed by atoms with Crippen molar-refractivity contribution in [1.29, 1.82) is 0 Å². The lowest BCUT2D eigenvalue weighted by atomic mass is 9.99. The van der Waals surface area contributed by atoms with Crippen molar-refractivity contribution >= 4 is 21.7 Å². The number of phenolic OH excluding ortho intramolecular Hbond substituents is 1. The van der Waals surface area contributed by atoms with Crippen molar-refractivity contribution < 1.29 is 32.2 Å². The number of aromatic hydroxyl groups is 1. The van der Waals surface area contributed by atoms with Gasteiger partial charge in [0.05, 0.1) is 12.1 Å². The fourth-order valence-corrected chi connectivity index (χ4v) is 5.15. The van der Waals surface area contributed by atoms with Gasteiger partial charge in [-0.1, -0.05) is 19.1 Å². The number of phenols is 1. The molecule has 194 valence electrons. The Bertz CT molecular complexity index is 1500. The van der Waals surface area contributed by atoms with Gasteiger partial charge in [0.1, 0.15) is 28.8 Å². The van der Waals surface area contributed by atoms with Crippen LogP contribution >= 0.6 is 0 Å². The van der Waals surface area contributed by atoms with Gasteiger partial charge in [-0.25, -0.2) is 12.8 Å². The topological polar surface area (TPSA) is 113 Å². The second-order valence-corrected chi connectivity index (χ2v) is 10.7. The summed E-state index contributed by atoms with van der Waals surface area (Å²) >= 11 is 0. The van der Waals surface area contributed by atoms with Gasteiger partial charge < -0.3 is 20.1 Å². The molecule has 2 amide bonds. The monoisotopic (exact) mass is 526 g/mol. The van der Waals surface area contributed by atoms with Crippen LogP contribution in [0.25, 0.3) is 11.1 Å². The van der Waals surface area contributed by atoms with E-state index in [1.165, 1.54) is 30.1 Å². The molecule has 3 aromatic rings. The van der Waals surface area contributed by atoms with Crippen molar-refractivity contribution in [2.45, 2.75) is 24.8 Å². The van der Waals surface area contributed by atoms with Gasteiger partial charge in [-0.2, -0.15) is 0 Å². The minimum atomic E-state index is -3.78. The van der Waals surface area contributed by atoms with Gasteiger partial charge in [0.15, 0.2) is 9.84 Å². The third-order valence-corrected chi connectivity index (χ3v) is 7.44. The molecule has 2 N–H and O–H groups in total. The number of benzene rings is 3. The van der Waals surface area contributed by atoms with Crippen molar-refractivity contribution in [2.75, 3.05) is 26.5 Å². The van der Waals surface area contributed by atoms with E-state index in [9.17, 15) is 23.1 Å². The van der Waals surface area contributed by atoms with Crippen LogP contribution in [0.1, 0.15) is 38.8 Å². The number of carbonyl (C=O) groups is 2. The first-order valence-electron chi connectivity index (χ1n) is 11.7. The molecule has 0 fully saturated rings. The first-order valence-corrected chi connectivity index (χ1v) is 13.6. The van der Waals surface area contributed by atoms with Crippen molar-refractivity contribution in [3.8, 4) is 22.6 Å². The maximum absolute atomic E-state index is 15.0. The van der Waals surface area contributed by atoms with Gasteiger partial charge in [0.2, 0.25) is 0 Å². The molecule has 1 aliphatic rings. The fourth-order valence-electron chi connectivity index (χ4n) is 4.39. The Morgan fingerprint density at radius 3 is 2.41 bits per heavy atom. The molecule has 4 rings (SSSR count). The summed E-state index contributed by atoms with van der Waals surface area (Å²) in [7, 11) is -2.30. The average Bonchev–Trinajstić information content (AvgIpc) is 3.08. The summed E-state index contributed by atoms with van der Waals surface area (Å²) in [5.41, 5.74) is 2.45. The van der Waals surface area contributed by atoms with Crippen molar-refractivity contribution in [2.24, 2.45) is 0 Å². The maximum atomic E-state index is 15.0. The molecule has 0 saturated heterocycles. The normalized spacial score (nSPS) is 13.4. The first kappa shape index (κ1) is 26.2. The smallest absolute Gasteiger partial charge is 0.254 e. The number of rotatable bonds is 5. The molecule has 8 nitrogen and oxygen atoms in total. The molecule has 0 saturated carbocycles. The molecule has 0 aliphatic carbocycles. The van der Waals surface area contributed by atoms with Gasteiger partial charge in [-0.15, -0.1) is 0 Å². The van der Waals surface area contributed by atoms with E-state index in [0.29, 0.717) is 16.9 Å². The number of sulfone groups is 1. The Kier molecular flexibility index (Phi) is 7.22. The van der Waals surface area contributed by atoms with E-state index in [2.05, 4.69) is 5.32 Å². The number of amides is 2. The minimum Gasteiger partial charge on any atom is -0.507 e. The summed E-state index contributed by atoms with van der Waals surface area (Å²) in [5, 5.41) is 12.8. The zero-order valence-electron chi connectivity index (χ0n) is 20.7. The fraction of sp³-hybridized carbons (Fsp3) is 0.259. The number of nitrogens with zero attached hydrogens (tertiary/aromatic N) is 1. The van der Waals surface area contributed by atoms with Crippen LogP contribution in [0.5, 0.6) is 11.5 Å². The van der Waals surface area contributed by atoms with Gasteiger partial charge in [-0.3, -0.25) is 9.59 Å². The van der Waals surface area contributed by atoms with Crippen LogP contribution in [0, 0.1) is 5.82 Å². The predicted octanol–water partition coefficient (Wildman–Crippen LogP) is 3.56. The van der Waals surface area contributed by atoms with Gasteiger partial charge in [0, 0.05) is 36.5 Å². The van der Waals surface area contributed by atoms with Crippen LogP contribution in [0.4, 0.5) is 4.39 Å². The molecular weight excluding hydrogens is 499 g/mol. The van der Waals surface area contributed by atoms with Crippen LogP contribution in [-0.4, -0.2) is 56.7 Å². The molecule has 1 heterocycles. The van der Waals surface area contributed by atoms with Crippen LogP contribution in [-0.2, 0) is 22.8 Å². The quantitative estimate of drug-likeness (QED) is 0.526. The Balaban J connectivity index is 1.67. The standard InChI is InChI=1S/C27H27FN2O6S/c1-4-19-20(8-10-24(25(19)28)37(3,34)35)27(33)30-11-12-36-23-9-6-16(13-18(23)15-30)17-5-7-21(22(31)14-17)26(32)29-2/h5-10,13-14,31H,4,11-12,15H2,1-3H3,(H,29,32). The lowest BCUT2D eigenvalue weighted by molar-refractivity contribution is 0.0731. The van der Waals surface area contributed by atoms with E-state index in [1.54, 1.807) is 19.1 Å². The lowest BCUT2D eigenvalue weighted by Gasteiger charge is -2.22. The van der Waals surface area contributed by atoms with Gasteiger partial charge in [0.25, 0.3) is 11.8 Å². The highest BCUT2D eigenvalue weighted by Crippen LogP contribution is 2.33. The number of nitrogens with one attached hydrogen (secondary N) is 1. The number of ether oxygens (including phenoxy) is 1. The van der Waals surface area contributed by atoms with Crippen LogP contribution in [0.3, 0.4) is 0 Å². The number of carbonyl (C=O) groups excluding carboxylic acids is 2. The van der Waals surface area contributed by atoms with Crippen LogP contribution in [0.15, 0.2) is 53.4 Å². The Morgan fingerprint density at radius 1 is 1.08 bits per heavy atom. The van der Waals surface area contributed by atoms with Crippen molar-refractivity contribution in [3.63, 3.8) is 0 Å². The highest BCUT2D eigenvalue weighted by Gasteiger charge is 2.27. The molecule has 0 bridgehead atoms. The zero-order valence-corrected chi connectivity index (χ0v) is 21.5. The molecule has 0 aromatic heterocycles. The molecule has 0 atom stereocenters. The second kappa shape index (κ2) is 10.2. The summed E-state index contributed by atoms with van der Waals surface area (Å²) in [6.45, 7) is 2.33. The summed E-state index contributed by atoms with van der Waals surface area (Å²) in [6, 6.07) is 12.7. The molecule has 3 aromatic carbocycles. The number of hydrogen-bond donors (Lipinski definition) is 2. The summed E-state index contributed by atoms with van der Waals surface area (Å²) in [6.07, 6.45) is 1.08. The lowest BCUT2D eigenvalue weighted by Crippen LogP contribution is -2.33. The number of halogens is 1. The van der Waals surface area contributed by atoms with Crippen LogP contribution < -0.4 is 10.1 Å². The van der Waals surface area contributed by atoms with E-state index >= 15 is 4.39 Å². The first-order chi connectivity index (χ1) is 17.5. The Hall–Kier alpha value is -3.92. The second-order valence-electron chi connectivity index (χ2n) is 8.74. The summed E-state index contributed by atoms with van der Waals surface area (Å²) in [5.74, 6) is -1.29. The largest absolute Gasteiger partial charge is 0.507 e. The summed E-state index contributed by atoms with van der Waals surface area (Å²) < 4.78 is 44.7. The van der Waals surface area contributed by atoms with E-state index in [1.807, 2.05) is 12.1 Å². The van der Waals surface area contributed by atoms with E-state index in [-0.39, 0.29) is 48.6 Å². The van der Waals surface area contributed by atoms with Crippen molar-refractivity contribution in [1.82, 2.24) is 10.2 Å². The third kappa shape index (κ3) is 5.15. The summed E-state index contributed by atoms with van der Waals surface area (Å²) in [4.78, 5) is 26.5. The Labute approximate surface area is 214 Å². The average molecular weight is 527 g/mol. The molecule has 0 spiro atoms. The van der Waals surface area contributed by atoms with Gasteiger partial charge in [-0.05, 0) is 53.9 Å². The molecule has 1 aliphatic heterocycles. The highest BCUT2D eigenvalue weighted by atomic mass is 32.2. The van der Waals surface area contributed by atoms with E-state index < -0.39 is 32.4 Å². The molecule has 0 radical (unpaired) electrons. The number of fused-ring (bicyclic) bond motifs is 1. The highest BCUT2D eigenvalue weighted by molar-refractivity contribution is 7.90. The van der Waals surface area contributed by atoms with Crippen molar-refractivity contribution in [3.05, 3.63) is 76.6 Å². The van der Waals surface area contributed by atoms with E-state index in [0.717, 1.165) is 17.9 Å². The third-order valence-electron chi connectivity index (χ3n) is 6.32. The number of hydrogen-bond acceptors (Lipinski definition) is 6. The molecule has 37 heavy (non-hydrogen) atoms. The predicted molar refractivity (Wildman–Crippen MR) is 136 cm³/mol. The van der Waals surface area contributed by atoms with E-state index in [4.69, 9.17) is 4.74 Å². The maximum Gasteiger partial charge on any atom is 0.254 e. The van der Waals surface area contributed by atoms with Crippen LogP contribution in [0.2, 0.25) is 0 Å². The SMILES string of the molecule is CCc1c(C(=O)N2CCOc3ccc(-c4ccc(C(=O)NC)c(O)c4)cc3C2)ccc(S(C)(=O)=O)c1F. The minimum absolute atomic E-state index is 0.0544. The molecular formula is C27H27FN2O6S. The zero-order chi connectivity index (χ0) is 26.9.